The van der Waals surface area contributed by atoms with Gasteiger partial charge in [0.15, 0.2) is 0 Å². The molecule has 9 heteroatoms. The second kappa shape index (κ2) is 9.30. The van der Waals surface area contributed by atoms with E-state index in [0.29, 0.717) is 25.2 Å². The first kappa shape index (κ1) is 21.9. The highest BCUT2D eigenvalue weighted by Crippen LogP contribution is 2.28. The van der Waals surface area contributed by atoms with Crippen molar-refractivity contribution in [1.82, 2.24) is 15.2 Å². The van der Waals surface area contributed by atoms with E-state index in [0.717, 1.165) is 31.5 Å². The minimum Gasteiger partial charge on any atom is -0.337 e. The lowest BCUT2D eigenvalue weighted by atomic mass is 9.96. The molecule has 1 fully saturated rings. The molecular formula is C14H20Cl2F3N3O. The maximum absolute atomic E-state index is 12.4. The molecule has 23 heavy (non-hydrogen) atoms. The van der Waals surface area contributed by atoms with Gasteiger partial charge in [0.1, 0.15) is 5.69 Å². The highest BCUT2D eigenvalue weighted by molar-refractivity contribution is 5.92. The van der Waals surface area contributed by atoms with Crippen molar-refractivity contribution < 1.29 is 18.0 Å². The molecule has 1 amide bonds. The van der Waals surface area contributed by atoms with Gasteiger partial charge in [-0.25, -0.2) is 0 Å². The molecule has 1 aliphatic rings. The number of nitrogens with zero attached hydrogens (tertiary/aromatic N) is 2. The first-order valence-electron chi connectivity index (χ1n) is 6.89. The van der Waals surface area contributed by atoms with Crippen molar-refractivity contribution in [2.75, 3.05) is 26.7 Å². The quantitative estimate of drug-likeness (QED) is 0.885. The number of piperidine rings is 1. The molecule has 132 valence electrons. The lowest BCUT2D eigenvalue weighted by Crippen LogP contribution is -2.40. The standard InChI is InChI=1S/C14H18F3N3O.2ClH/c1-18-8-10-4-6-20(7-5-10)13(21)12-3-2-11(9-19-12)14(15,16)17;;/h2-3,9-10,18H,4-8H2,1H3;2*1H. The molecule has 1 aliphatic heterocycles. The average Bonchev–Trinajstić information content (AvgIpc) is 2.47. The normalized spacial score (nSPS) is 15.6. The Morgan fingerprint density at radius 1 is 1.30 bits per heavy atom. The number of aromatic nitrogens is 1. The molecule has 1 saturated heterocycles. The Kier molecular flexibility index (Phi) is 8.87. The van der Waals surface area contributed by atoms with Crippen molar-refractivity contribution in [3.8, 4) is 0 Å². The molecule has 0 radical (unpaired) electrons. The van der Waals surface area contributed by atoms with Crippen LogP contribution in [0.3, 0.4) is 0 Å². The van der Waals surface area contributed by atoms with Gasteiger partial charge in [-0.15, -0.1) is 24.8 Å². The van der Waals surface area contributed by atoms with Crippen molar-refractivity contribution >= 4 is 30.7 Å². The first-order valence-corrected chi connectivity index (χ1v) is 6.89. The molecule has 0 unspecified atom stereocenters. The number of carbonyl (C=O) groups is 1. The van der Waals surface area contributed by atoms with Crippen LogP contribution in [-0.4, -0.2) is 42.5 Å². The van der Waals surface area contributed by atoms with Crippen LogP contribution in [0.1, 0.15) is 28.9 Å². The van der Waals surface area contributed by atoms with Crippen LogP contribution < -0.4 is 5.32 Å². The average molecular weight is 374 g/mol. The number of pyridine rings is 1. The summed E-state index contributed by atoms with van der Waals surface area (Å²) in [7, 11) is 1.89. The maximum Gasteiger partial charge on any atom is 0.417 e. The number of alkyl halides is 3. The van der Waals surface area contributed by atoms with Gasteiger partial charge in [0.05, 0.1) is 5.56 Å². The van der Waals surface area contributed by atoms with Crippen molar-refractivity contribution in [1.29, 1.82) is 0 Å². The zero-order valence-electron chi connectivity index (χ0n) is 12.6. The van der Waals surface area contributed by atoms with Gasteiger partial charge in [-0.3, -0.25) is 9.78 Å². The molecule has 0 bridgehead atoms. The van der Waals surface area contributed by atoms with Crippen molar-refractivity contribution in [3.05, 3.63) is 29.6 Å². The van der Waals surface area contributed by atoms with Crippen LogP contribution in [0.4, 0.5) is 13.2 Å². The van der Waals surface area contributed by atoms with Crippen LogP contribution in [0.25, 0.3) is 0 Å². The van der Waals surface area contributed by atoms with Gasteiger partial charge >= 0.3 is 6.18 Å². The fourth-order valence-corrected chi connectivity index (χ4v) is 2.48. The molecule has 1 aromatic rings. The highest BCUT2D eigenvalue weighted by atomic mass is 35.5. The Bertz CT molecular complexity index is 489. The van der Waals surface area contributed by atoms with E-state index in [2.05, 4.69) is 10.3 Å². The summed E-state index contributed by atoms with van der Waals surface area (Å²) in [5.41, 5.74) is -0.776. The van der Waals surface area contributed by atoms with E-state index in [9.17, 15) is 18.0 Å². The molecule has 0 spiro atoms. The van der Waals surface area contributed by atoms with Gasteiger partial charge in [-0.05, 0) is 44.5 Å². The predicted octanol–water partition coefficient (Wildman–Crippen LogP) is 3.02. The van der Waals surface area contributed by atoms with E-state index in [1.165, 1.54) is 0 Å². The third-order valence-electron chi connectivity index (χ3n) is 3.70. The molecule has 0 atom stereocenters. The van der Waals surface area contributed by atoms with E-state index >= 15 is 0 Å². The fraction of sp³-hybridized carbons (Fsp3) is 0.571. The number of hydrogen-bond acceptors (Lipinski definition) is 3. The molecule has 1 aromatic heterocycles. The van der Waals surface area contributed by atoms with Crippen LogP contribution in [0.2, 0.25) is 0 Å². The first-order chi connectivity index (χ1) is 9.91. The van der Waals surface area contributed by atoms with Crippen LogP contribution in [0.15, 0.2) is 18.3 Å². The summed E-state index contributed by atoms with van der Waals surface area (Å²) in [4.78, 5) is 17.5. The summed E-state index contributed by atoms with van der Waals surface area (Å²) in [6, 6.07) is 2.04. The summed E-state index contributed by atoms with van der Waals surface area (Å²) < 4.78 is 37.3. The predicted molar refractivity (Wildman–Crippen MR) is 86.3 cm³/mol. The minimum absolute atomic E-state index is 0. The van der Waals surface area contributed by atoms with Gasteiger partial charge in [-0.2, -0.15) is 13.2 Å². The second-order valence-corrected chi connectivity index (χ2v) is 5.22. The van der Waals surface area contributed by atoms with Crippen molar-refractivity contribution in [3.63, 3.8) is 0 Å². The molecule has 0 aliphatic carbocycles. The lowest BCUT2D eigenvalue weighted by molar-refractivity contribution is -0.137. The molecule has 2 rings (SSSR count). The van der Waals surface area contributed by atoms with E-state index in [1.54, 1.807) is 4.90 Å². The minimum atomic E-state index is -4.43. The Labute approximate surface area is 145 Å². The van der Waals surface area contributed by atoms with E-state index in [4.69, 9.17) is 0 Å². The summed E-state index contributed by atoms with van der Waals surface area (Å²) in [6.07, 6.45) is -1.93. The highest BCUT2D eigenvalue weighted by Gasteiger charge is 2.31. The number of amides is 1. The summed E-state index contributed by atoms with van der Waals surface area (Å²) >= 11 is 0. The van der Waals surface area contributed by atoms with Crippen LogP contribution >= 0.6 is 24.8 Å². The Balaban J connectivity index is 0.00000242. The monoisotopic (exact) mass is 373 g/mol. The van der Waals surface area contributed by atoms with Gasteiger partial charge < -0.3 is 10.2 Å². The summed E-state index contributed by atoms with van der Waals surface area (Å²) in [5, 5.41) is 3.11. The third kappa shape index (κ3) is 5.82. The molecule has 0 saturated carbocycles. The van der Waals surface area contributed by atoms with E-state index in [1.807, 2.05) is 7.05 Å². The molecule has 1 N–H and O–H groups in total. The second-order valence-electron chi connectivity index (χ2n) is 5.22. The van der Waals surface area contributed by atoms with Gasteiger partial charge in [-0.1, -0.05) is 0 Å². The zero-order chi connectivity index (χ0) is 15.5. The Morgan fingerprint density at radius 2 is 1.91 bits per heavy atom. The van der Waals surface area contributed by atoms with Gasteiger partial charge in [0.2, 0.25) is 0 Å². The number of likely N-dealkylation sites (tertiary alicyclic amines) is 1. The van der Waals surface area contributed by atoms with Gasteiger partial charge in [0, 0.05) is 19.3 Å². The Morgan fingerprint density at radius 3 is 2.35 bits per heavy atom. The largest absolute Gasteiger partial charge is 0.417 e. The molecular weight excluding hydrogens is 354 g/mol. The maximum atomic E-state index is 12.4. The third-order valence-corrected chi connectivity index (χ3v) is 3.70. The van der Waals surface area contributed by atoms with Crippen molar-refractivity contribution in [2.24, 2.45) is 5.92 Å². The number of hydrogen-bond donors (Lipinski definition) is 1. The van der Waals surface area contributed by atoms with E-state index < -0.39 is 11.7 Å². The summed E-state index contributed by atoms with van der Waals surface area (Å²) in [6.45, 7) is 2.16. The fourth-order valence-electron chi connectivity index (χ4n) is 2.48. The summed E-state index contributed by atoms with van der Waals surface area (Å²) in [5.74, 6) is 0.242. The lowest BCUT2D eigenvalue weighted by Gasteiger charge is -2.31. The molecule has 0 aromatic carbocycles. The van der Waals surface area contributed by atoms with Crippen LogP contribution in [-0.2, 0) is 6.18 Å². The van der Waals surface area contributed by atoms with Gasteiger partial charge in [0.25, 0.3) is 5.91 Å². The molecule has 2 heterocycles. The number of rotatable bonds is 3. The molecule has 4 nitrogen and oxygen atoms in total. The van der Waals surface area contributed by atoms with E-state index in [-0.39, 0.29) is 36.4 Å². The zero-order valence-corrected chi connectivity index (χ0v) is 14.2. The topological polar surface area (TPSA) is 45.2 Å². The van der Waals surface area contributed by atoms with Crippen LogP contribution in [0.5, 0.6) is 0 Å². The number of nitrogens with one attached hydrogen (secondary N) is 1. The smallest absolute Gasteiger partial charge is 0.337 e. The number of halogens is 5. The number of carbonyl (C=O) groups excluding carboxylic acids is 1. The van der Waals surface area contributed by atoms with Crippen LogP contribution in [0, 0.1) is 5.92 Å². The SMILES string of the molecule is CNCC1CCN(C(=O)c2ccc(C(F)(F)F)cn2)CC1.Cl.Cl. The van der Waals surface area contributed by atoms with Crippen molar-refractivity contribution in [2.45, 2.75) is 19.0 Å². The Hall–Kier alpha value is -1.05.